The number of carbonyl (C=O) groups is 1. The molecule has 0 amide bonds. The van der Waals surface area contributed by atoms with Crippen LogP contribution < -0.4 is 0 Å². The molecule has 0 atom stereocenters. The first-order valence-corrected chi connectivity index (χ1v) is 6.45. The van der Waals surface area contributed by atoms with E-state index in [-0.39, 0.29) is 11.4 Å². The molecule has 0 fully saturated rings. The van der Waals surface area contributed by atoms with Gasteiger partial charge in [-0.15, -0.1) is 11.8 Å². The molecule has 98 valence electrons. The Kier molecular flexibility index (Phi) is 4.16. The first kappa shape index (κ1) is 13.5. The molecule has 0 heterocycles. The number of benzene rings is 2. The third-order valence-electron chi connectivity index (χ3n) is 2.49. The van der Waals surface area contributed by atoms with Gasteiger partial charge in [0, 0.05) is 10.6 Å². The summed E-state index contributed by atoms with van der Waals surface area (Å²) in [6.45, 7) is 0. The van der Waals surface area contributed by atoms with Crippen LogP contribution in [0.25, 0.3) is 0 Å². The second-order valence-corrected chi connectivity index (χ2v) is 4.91. The highest BCUT2D eigenvalue weighted by Crippen LogP contribution is 2.25. The number of carboxylic acids is 1. The number of hydrogen-bond acceptors (Lipinski definition) is 2. The second kappa shape index (κ2) is 5.84. The molecular weight excluding hydrogens is 270 g/mol. The Morgan fingerprint density at radius 2 is 1.95 bits per heavy atom. The van der Waals surface area contributed by atoms with Crippen molar-refractivity contribution in [2.75, 3.05) is 0 Å². The van der Waals surface area contributed by atoms with Crippen molar-refractivity contribution in [1.82, 2.24) is 0 Å². The van der Waals surface area contributed by atoms with Crippen LogP contribution in [0.15, 0.2) is 47.4 Å². The predicted octanol–water partition coefficient (Wildman–Crippen LogP) is 3.96. The fourth-order valence-electron chi connectivity index (χ4n) is 1.52. The van der Waals surface area contributed by atoms with Crippen LogP contribution in [0.4, 0.5) is 8.78 Å². The monoisotopic (exact) mass is 280 g/mol. The maximum Gasteiger partial charge on any atom is 0.335 e. The number of hydrogen-bond donors (Lipinski definition) is 1. The average Bonchev–Trinajstić information content (AvgIpc) is 2.37. The Hall–Kier alpha value is -1.88. The van der Waals surface area contributed by atoms with E-state index in [1.54, 1.807) is 12.1 Å². The van der Waals surface area contributed by atoms with Crippen LogP contribution in [0.3, 0.4) is 0 Å². The lowest BCUT2D eigenvalue weighted by Crippen LogP contribution is -1.98. The molecule has 0 aromatic heterocycles. The topological polar surface area (TPSA) is 37.3 Å². The van der Waals surface area contributed by atoms with E-state index in [0.29, 0.717) is 16.2 Å². The first-order chi connectivity index (χ1) is 9.06. The first-order valence-electron chi connectivity index (χ1n) is 5.46. The van der Waals surface area contributed by atoms with Gasteiger partial charge in [-0.2, -0.15) is 0 Å². The number of aromatic carboxylic acids is 1. The van der Waals surface area contributed by atoms with E-state index < -0.39 is 11.8 Å². The van der Waals surface area contributed by atoms with Gasteiger partial charge in [-0.05, 0) is 35.9 Å². The fraction of sp³-hybridized carbons (Fsp3) is 0.0714. The molecule has 0 saturated heterocycles. The zero-order valence-electron chi connectivity index (χ0n) is 9.77. The third-order valence-corrected chi connectivity index (χ3v) is 3.53. The second-order valence-electron chi connectivity index (χ2n) is 3.86. The maximum atomic E-state index is 13.6. The highest BCUT2D eigenvalue weighted by atomic mass is 32.2. The highest BCUT2D eigenvalue weighted by Gasteiger charge is 2.08. The van der Waals surface area contributed by atoms with Gasteiger partial charge in [0.05, 0.1) is 5.56 Å². The van der Waals surface area contributed by atoms with Gasteiger partial charge in [0.15, 0.2) is 0 Å². The molecule has 2 aromatic carbocycles. The molecule has 2 nitrogen and oxygen atoms in total. The summed E-state index contributed by atoms with van der Waals surface area (Å²) < 4.78 is 26.6. The molecule has 19 heavy (non-hydrogen) atoms. The molecule has 0 radical (unpaired) electrons. The lowest BCUT2D eigenvalue weighted by molar-refractivity contribution is 0.0696. The lowest BCUT2D eigenvalue weighted by atomic mass is 10.1. The average molecular weight is 280 g/mol. The van der Waals surface area contributed by atoms with E-state index in [1.807, 2.05) is 0 Å². The Morgan fingerprint density at radius 3 is 2.58 bits per heavy atom. The fourth-order valence-corrected chi connectivity index (χ4v) is 2.44. The van der Waals surface area contributed by atoms with Gasteiger partial charge >= 0.3 is 5.97 Å². The zero-order chi connectivity index (χ0) is 13.8. The molecule has 0 spiro atoms. The largest absolute Gasteiger partial charge is 0.478 e. The molecule has 0 aliphatic heterocycles. The summed E-state index contributed by atoms with van der Waals surface area (Å²) in [5, 5.41) is 8.73. The smallest absolute Gasteiger partial charge is 0.335 e. The summed E-state index contributed by atoms with van der Waals surface area (Å²) in [6.07, 6.45) is 0. The van der Waals surface area contributed by atoms with Gasteiger partial charge in [0.25, 0.3) is 0 Å². The van der Waals surface area contributed by atoms with Crippen LogP contribution in [0.5, 0.6) is 0 Å². The zero-order valence-corrected chi connectivity index (χ0v) is 10.6. The quantitative estimate of drug-likeness (QED) is 0.861. The standard InChI is InChI=1S/C14H10F2O2S/c15-11-2-1-3-12(7-11)19-8-10-5-4-9(14(17)18)6-13(10)16/h1-7H,8H2,(H,17,18). The number of carboxylic acid groups (broad SMARTS) is 1. The normalized spacial score (nSPS) is 10.4. The summed E-state index contributed by atoms with van der Waals surface area (Å²) in [5.74, 6) is -1.76. The van der Waals surface area contributed by atoms with E-state index in [4.69, 9.17) is 5.11 Å². The van der Waals surface area contributed by atoms with Crippen molar-refractivity contribution in [2.24, 2.45) is 0 Å². The molecule has 1 N–H and O–H groups in total. The Bertz CT molecular complexity index is 614. The van der Waals surface area contributed by atoms with E-state index in [9.17, 15) is 13.6 Å². The van der Waals surface area contributed by atoms with Crippen LogP contribution in [-0.4, -0.2) is 11.1 Å². The number of rotatable bonds is 4. The van der Waals surface area contributed by atoms with Crippen LogP contribution >= 0.6 is 11.8 Å². The summed E-state index contributed by atoms with van der Waals surface area (Å²) in [7, 11) is 0. The van der Waals surface area contributed by atoms with Crippen molar-refractivity contribution in [1.29, 1.82) is 0 Å². The van der Waals surface area contributed by atoms with Crippen molar-refractivity contribution >= 4 is 17.7 Å². The molecular formula is C14H10F2O2S. The Labute approximate surface area is 113 Å². The van der Waals surface area contributed by atoms with E-state index >= 15 is 0 Å². The molecule has 0 bridgehead atoms. The maximum absolute atomic E-state index is 13.6. The van der Waals surface area contributed by atoms with E-state index in [0.717, 1.165) is 6.07 Å². The van der Waals surface area contributed by atoms with Gasteiger partial charge in [-0.3, -0.25) is 0 Å². The molecule has 0 saturated carbocycles. The van der Waals surface area contributed by atoms with Crippen molar-refractivity contribution in [3.8, 4) is 0 Å². The van der Waals surface area contributed by atoms with Gasteiger partial charge in [-0.1, -0.05) is 12.1 Å². The van der Waals surface area contributed by atoms with Crippen LogP contribution in [-0.2, 0) is 5.75 Å². The highest BCUT2D eigenvalue weighted by molar-refractivity contribution is 7.98. The van der Waals surface area contributed by atoms with Crippen molar-refractivity contribution in [3.05, 3.63) is 65.2 Å². The SMILES string of the molecule is O=C(O)c1ccc(CSc2cccc(F)c2)c(F)c1. The minimum Gasteiger partial charge on any atom is -0.478 e. The number of thioether (sulfide) groups is 1. The number of halogens is 2. The Balaban J connectivity index is 2.10. The third kappa shape index (κ3) is 3.54. The van der Waals surface area contributed by atoms with Gasteiger partial charge in [-0.25, -0.2) is 13.6 Å². The molecule has 5 heteroatoms. The summed E-state index contributed by atoms with van der Waals surface area (Å²) in [6, 6.07) is 9.81. The molecule has 0 aliphatic carbocycles. The minimum atomic E-state index is -1.16. The molecule has 0 aliphatic rings. The minimum absolute atomic E-state index is 0.0861. The summed E-state index contributed by atoms with van der Waals surface area (Å²) >= 11 is 1.29. The molecule has 0 unspecified atom stereocenters. The van der Waals surface area contributed by atoms with Crippen molar-refractivity contribution in [3.63, 3.8) is 0 Å². The molecule has 2 rings (SSSR count). The predicted molar refractivity (Wildman–Crippen MR) is 69.3 cm³/mol. The summed E-state index contributed by atoms with van der Waals surface area (Å²) in [5.41, 5.74) is 0.302. The van der Waals surface area contributed by atoms with Crippen molar-refractivity contribution < 1.29 is 18.7 Å². The van der Waals surface area contributed by atoms with Crippen LogP contribution in [0.1, 0.15) is 15.9 Å². The van der Waals surface area contributed by atoms with Gasteiger partial charge < -0.3 is 5.11 Å². The van der Waals surface area contributed by atoms with Crippen LogP contribution in [0, 0.1) is 11.6 Å². The lowest BCUT2D eigenvalue weighted by Gasteiger charge is -2.04. The van der Waals surface area contributed by atoms with Gasteiger partial charge in [0.2, 0.25) is 0 Å². The van der Waals surface area contributed by atoms with Crippen LogP contribution in [0.2, 0.25) is 0 Å². The van der Waals surface area contributed by atoms with Gasteiger partial charge in [0.1, 0.15) is 11.6 Å². The van der Waals surface area contributed by atoms with E-state index in [2.05, 4.69) is 0 Å². The summed E-state index contributed by atoms with van der Waals surface area (Å²) in [4.78, 5) is 11.4. The van der Waals surface area contributed by atoms with E-state index in [1.165, 1.54) is 36.0 Å². The Morgan fingerprint density at radius 1 is 1.16 bits per heavy atom. The van der Waals surface area contributed by atoms with Crippen molar-refractivity contribution in [2.45, 2.75) is 10.6 Å². The molecule has 2 aromatic rings.